The number of hydrogen-bond donors (Lipinski definition) is 0. The van der Waals surface area contributed by atoms with Gasteiger partial charge < -0.3 is 23.7 Å². The minimum atomic E-state index is -0.555. The smallest absolute Gasteiger partial charge is 0.187 e. The van der Waals surface area contributed by atoms with Crippen LogP contribution < -0.4 is 0 Å². The molecule has 0 aromatic carbocycles. The Labute approximate surface area is 108 Å². The fourth-order valence-corrected chi connectivity index (χ4v) is 2.99. The van der Waals surface area contributed by atoms with E-state index in [-0.39, 0.29) is 30.5 Å². The molecule has 0 spiro atoms. The van der Waals surface area contributed by atoms with E-state index in [0.717, 1.165) is 0 Å². The van der Waals surface area contributed by atoms with E-state index in [4.69, 9.17) is 23.7 Å². The minimum Gasteiger partial charge on any atom is -0.348 e. The van der Waals surface area contributed by atoms with Gasteiger partial charge in [-0.15, -0.1) is 0 Å². The van der Waals surface area contributed by atoms with E-state index in [1.165, 1.54) is 0 Å². The summed E-state index contributed by atoms with van der Waals surface area (Å²) >= 11 is 0. The van der Waals surface area contributed by atoms with E-state index in [9.17, 15) is 0 Å². The van der Waals surface area contributed by atoms with Crippen molar-refractivity contribution in [2.75, 3.05) is 6.61 Å². The highest BCUT2D eigenvalue weighted by Gasteiger charge is 2.56. The lowest BCUT2D eigenvalue weighted by atomic mass is 9.97. The maximum atomic E-state index is 5.96. The van der Waals surface area contributed by atoms with Crippen LogP contribution in [0.25, 0.3) is 0 Å². The van der Waals surface area contributed by atoms with Gasteiger partial charge in [0.2, 0.25) is 0 Å². The second kappa shape index (κ2) is 3.90. The van der Waals surface area contributed by atoms with Gasteiger partial charge in [0.25, 0.3) is 0 Å². The van der Waals surface area contributed by atoms with Crippen LogP contribution in [-0.4, -0.2) is 42.8 Å². The maximum Gasteiger partial charge on any atom is 0.187 e. The topological polar surface area (TPSA) is 46.2 Å². The third-order valence-electron chi connectivity index (χ3n) is 3.81. The first-order valence-corrected chi connectivity index (χ1v) is 6.60. The van der Waals surface area contributed by atoms with Gasteiger partial charge in [-0.3, -0.25) is 0 Å². The van der Waals surface area contributed by atoms with E-state index >= 15 is 0 Å². The molecule has 0 N–H and O–H groups in total. The molecule has 18 heavy (non-hydrogen) atoms. The Hall–Kier alpha value is -0.200. The first-order valence-electron chi connectivity index (χ1n) is 6.60. The van der Waals surface area contributed by atoms with Crippen LogP contribution in [0.4, 0.5) is 0 Å². The summed E-state index contributed by atoms with van der Waals surface area (Å²) < 4.78 is 29.0. The van der Waals surface area contributed by atoms with Gasteiger partial charge in [-0.25, -0.2) is 0 Å². The van der Waals surface area contributed by atoms with Crippen LogP contribution in [0.1, 0.15) is 34.6 Å². The Bertz CT molecular complexity index is 340. The molecular formula is C13H22O5. The second-order valence-electron chi connectivity index (χ2n) is 6.30. The highest BCUT2D eigenvalue weighted by molar-refractivity contribution is 4.95. The van der Waals surface area contributed by atoms with Crippen LogP contribution in [0.15, 0.2) is 0 Å². The predicted molar refractivity (Wildman–Crippen MR) is 62.8 cm³/mol. The molecular weight excluding hydrogens is 236 g/mol. The van der Waals surface area contributed by atoms with Crippen LogP contribution in [-0.2, 0) is 23.7 Å². The number of hydrogen-bond acceptors (Lipinski definition) is 5. The molecule has 3 fully saturated rings. The van der Waals surface area contributed by atoms with Crippen LogP contribution >= 0.6 is 0 Å². The van der Waals surface area contributed by atoms with E-state index < -0.39 is 11.6 Å². The molecule has 5 atom stereocenters. The van der Waals surface area contributed by atoms with Crippen molar-refractivity contribution in [2.24, 2.45) is 5.92 Å². The Balaban J connectivity index is 1.68. The minimum absolute atomic E-state index is 0.0164. The van der Waals surface area contributed by atoms with Gasteiger partial charge in [0.15, 0.2) is 17.9 Å². The normalized spacial score (nSPS) is 49.5. The molecule has 0 saturated carbocycles. The summed E-state index contributed by atoms with van der Waals surface area (Å²) in [6, 6.07) is 0. The van der Waals surface area contributed by atoms with Crippen molar-refractivity contribution in [1.82, 2.24) is 0 Å². The van der Waals surface area contributed by atoms with Crippen molar-refractivity contribution in [1.29, 1.82) is 0 Å². The second-order valence-corrected chi connectivity index (χ2v) is 6.30. The standard InChI is InChI=1S/C13H22O5/c1-7-9(8-6-14-12(2,3)16-8)15-11-10(7)17-13(4,5)18-11/h7-11H,6H2,1-5H3/t7?,8?,9-,10+,11+/m1/s1. The summed E-state index contributed by atoms with van der Waals surface area (Å²) in [7, 11) is 0. The molecule has 3 aliphatic rings. The quantitative estimate of drug-likeness (QED) is 0.715. The molecule has 3 saturated heterocycles. The molecule has 0 aromatic heterocycles. The Morgan fingerprint density at radius 1 is 0.889 bits per heavy atom. The molecule has 5 nitrogen and oxygen atoms in total. The fraction of sp³-hybridized carbons (Fsp3) is 1.00. The summed E-state index contributed by atoms with van der Waals surface area (Å²) in [5.74, 6) is -0.841. The lowest BCUT2D eigenvalue weighted by Crippen LogP contribution is -2.37. The number of ether oxygens (including phenoxy) is 5. The largest absolute Gasteiger partial charge is 0.348 e. The highest BCUT2D eigenvalue weighted by Crippen LogP contribution is 2.43. The van der Waals surface area contributed by atoms with Crippen LogP contribution in [0.5, 0.6) is 0 Å². The molecule has 3 heterocycles. The van der Waals surface area contributed by atoms with Crippen LogP contribution in [0.2, 0.25) is 0 Å². The van der Waals surface area contributed by atoms with Crippen molar-refractivity contribution in [3.63, 3.8) is 0 Å². The van der Waals surface area contributed by atoms with E-state index in [0.29, 0.717) is 6.61 Å². The summed E-state index contributed by atoms with van der Waals surface area (Å²) in [4.78, 5) is 0. The van der Waals surface area contributed by atoms with Gasteiger partial charge in [0.1, 0.15) is 12.2 Å². The van der Waals surface area contributed by atoms with Crippen LogP contribution in [0, 0.1) is 5.92 Å². The zero-order valence-electron chi connectivity index (χ0n) is 11.6. The Morgan fingerprint density at radius 3 is 2.17 bits per heavy atom. The average Bonchev–Trinajstić information content (AvgIpc) is 2.81. The predicted octanol–water partition coefficient (Wildman–Crippen LogP) is 1.65. The fourth-order valence-electron chi connectivity index (χ4n) is 2.99. The first-order chi connectivity index (χ1) is 8.27. The van der Waals surface area contributed by atoms with E-state index in [1.54, 1.807) is 0 Å². The van der Waals surface area contributed by atoms with Gasteiger partial charge in [0.05, 0.1) is 12.7 Å². The molecule has 0 amide bonds. The molecule has 104 valence electrons. The molecule has 3 aliphatic heterocycles. The van der Waals surface area contributed by atoms with Gasteiger partial charge in [0, 0.05) is 5.92 Å². The third-order valence-corrected chi connectivity index (χ3v) is 3.81. The zero-order valence-corrected chi connectivity index (χ0v) is 11.6. The lowest BCUT2D eigenvalue weighted by Gasteiger charge is -2.27. The summed E-state index contributed by atoms with van der Waals surface area (Å²) in [5.41, 5.74) is 0. The molecule has 0 aliphatic carbocycles. The summed E-state index contributed by atoms with van der Waals surface area (Å²) in [5, 5.41) is 0. The van der Waals surface area contributed by atoms with Gasteiger partial charge in [-0.05, 0) is 27.7 Å². The number of rotatable bonds is 1. The van der Waals surface area contributed by atoms with E-state index in [2.05, 4.69) is 6.92 Å². The van der Waals surface area contributed by atoms with Gasteiger partial charge in [-0.1, -0.05) is 6.92 Å². The number of fused-ring (bicyclic) bond motifs is 1. The first kappa shape index (κ1) is 12.8. The van der Waals surface area contributed by atoms with Gasteiger partial charge >= 0.3 is 0 Å². The monoisotopic (exact) mass is 258 g/mol. The Morgan fingerprint density at radius 2 is 1.61 bits per heavy atom. The molecule has 0 aromatic rings. The molecule has 2 unspecified atom stereocenters. The maximum absolute atomic E-state index is 5.96. The van der Waals surface area contributed by atoms with Crippen molar-refractivity contribution >= 4 is 0 Å². The van der Waals surface area contributed by atoms with Crippen LogP contribution in [0.3, 0.4) is 0 Å². The highest BCUT2D eigenvalue weighted by atomic mass is 16.8. The van der Waals surface area contributed by atoms with Crippen molar-refractivity contribution in [3.05, 3.63) is 0 Å². The lowest BCUT2D eigenvalue weighted by molar-refractivity contribution is -0.226. The molecule has 0 bridgehead atoms. The van der Waals surface area contributed by atoms with Crippen molar-refractivity contribution in [3.8, 4) is 0 Å². The molecule has 5 heteroatoms. The summed E-state index contributed by atoms with van der Waals surface area (Å²) in [6.07, 6.45) is -0.376. The van der Waals surface area contributed by atoms with Crippen molar-refractivity contribution in [2.45, 2.75) is 70.8 Å². The average molecular weight is 258 g/mol. The van der Waals surface area contributed by atoms with Gasteiger partial charge in [-0.2, -0.15) is 0 Å². The molecule has 3 rings (SSSR count). The van der Waals surface area contributed by atoms with Crippen molar-refractivity contribution < 1.29 is 23.7 Å². The summed E-state index contributed by atoms with van der Waals surface area (Å²) in [6.45, 7) is 10.3. The SMILES string of the molecule is CC1[C@H](C2COC(C)(C)O2)O[C@H]2OC(C)(C)O[C@@H]12. The zero-order chi connectivity index (χ0) is 13.1. The third kappa shape index (κ3) is 2.08. The Kier molecular flexibility index (Phi) is 2.78. The van der Waals surface area contributed by atoms with E-state index in [1.807, 2.05) is 27.7 Å². The molecule has 0 radical (unpaired) electrons.